The van der Waals surface area contributed by atoms with Crippen molar-refractivity contribution in [2.75, 3.05) is 7.11 Å². The van der Waals surface area contributed by atoms with Crippen molar-refractivity contribution in [1.29, 1.82) is 5.26 Å². The highest BCUT2D eigenvalue weighted by Crippen LogP contribution is 2.31. The molecule has 0 saturated carbocycles. The molecule has 0 spiro atoms. The third-order valence-corrected chi connectivity index (χ3v) is 2.98. The molecule has 2 aromatic rings. The molecule has 0 aliphatic heterocycles. The Hall–Kier alpha value is -1.99. The maximum Gasteiger partial charge on any atom is 0.143 e. The second-order valence-electron chi connectivity index (χ2n) is 3.81. The van der Waals surface area contributed by atoms with E-state index in [0.29, 0.717) is 17.2 Å². The largest absolute Gasteiger partial charge is 0.496 e. The average molecular weight is 262 g/mol. The van der Waals surface area contributed by atoms with Crippen LogP contribution >= 0.6 is 11.6 Å². The number of rotatable bonds is 3. The van der Waals surface area contributed by atoms with Crippen LogP contribution in [-0.4, -0.2) is 16.7 Å². The lowest BCUT2D eigenvalue weighted by Crippen LogP contribution is -1.99. The van der Waals surface area contributed by atoms with Gasteiger partial charge < -0.3 is 9.30 Å². The number of benzene rings is 1. The number of ether oxygens (including phenoxy) is 1. The number of hydrogen-bond acceptors (Lipinski definition) is 3. The highest BCUT2D eigenvalue weighted by molar-refractivity contribution is 6.30. The molecule has 0 aliphatic carbocycles. The molecular formula is C13H12ClN3O. The van der Waals surface area contributed by atoms with Gasteiger partial charge in [0, 0.05) is 18.3 Å². The topological polar surface area (TPSA) is 50.8 Å². The van der Waals surface area contributed by atoms with Crippen molar-refractivity contribution in [1.82, 2.24) is 9.55 Å². The van der Waals surface area contributed by atoms with Crippen molar-refractivity contribution >= 4 is 11.6 Å². The highest BCUT2D eigenvalue weighted by atomic mass is 35.5. The Bertz CT molecular complexity index is 613. The molecule has 2 rings (SSSR count). The average Bonchev–Trinajstić information content (AvgIpc) is 2.72. The van der Waals surface area contributed by atoms with Crippen LogP contribution in [0, 0.1) is 11.3 Å². The Morgan fingerprint density at radius 2 is 2.28 bits per heavy atom. The maximum absolute atomic E-state index is 8.73. The minimum absolute atomic E-state index is 0.326. The summed E-state index contributed by atoms with van der Waals surface area (Å²) in [5.74, 6) is 1.44. The zero-order valence-electron chi connectivity index (χ0n) is 10.1. The quantitative estimate of drug-likeness (QED) is 0.854. The molecule has 0 fully saturated rings. The molecule has 18 heavy (non-hydrogen) atoms. The van der Waals surface area contributed by atoms with E-state index in [4.69, 9.17) is 21.6 Å². The van der Waals surface area contributed by atoms with Crippen LogP contribution in [0.5, 0.6) is 5.75 Å². The van der Waals surface area contributed by atoms with E-state index < -0.39 is 0 Å². The van der Waals surface area contributed by atoms with E-state index in [1.807, 2.05) is 11.6 Å². The van der Waals surface area contributed by atoms with Gasteiger partial charge in [-0.3, -0.25) is 0 Å². The van der Waals surface area contributed by atoms with Crippen molar-refractivity contribution in [3.63, 3.8) is 0 Å². The number of nitriles is 1. The summed E-state index contributed by atoms with van der Waals surface area (Å²) in [6.07, 6.45) is 2.02. The number of halogens is 1. The van der Waals surface area contributed by atoms with Crippen LogP contribution in [0.15, 0.2) is 24.4 Å². The molecule has 1 aromatic heterocycles. The molecular weight excluding hydrogens is 250 g/mol. The molecule has 4 nitrogen and oxygen atoms in total. The zero-order valence-corrected chi connectivity index (χ0v) is 10.9. The standard InChI is InChI=1S/C13H12ClN3O/c1-17-10(5-6-15)8-16-13(17)11-7-9(14)3-4-12(11)18-2/h3-4,7-8H,5H2,1-2H3. The third-order valence-electron chi connectivity index (χ3n) is 2.75. The van der Waals surface area contributed by atoms with E-state index in [1.165, 1.54) is 0 Å². The summed E-state index contributed by atoms with van der Waals surface area (Å²) in [5.41, 5.74) is 1.67. The molecule has 5 heteroatoms. The van der Waals surface area contributed by atoms with Crippen molar-refractivity contribution in [2.45, 2.75) is 6.42 Å². The normalized spacial score (nSPS) is 10.1. The number of methoxy groups -OCH3 is 1. The monoisotopic (exact) mass is 261 g/mol. The fourth-order valence-corrected chi connectivity index (χ4v) is 1.97. The van der Waals surface area contributed by atoms with Gasteiger partial charge >= 0.3 is 0 Å². The number of imidazole rings is 1. The van der Waals surface area contributed by atoms with E-state index in [2.05, 4.69) is 11.1 Å². The van der Waals surface area contributed by atoms with Gasteiger partial charge in [-0.15, -0.1) is 0 Å². The van der Waals surface area contributed by atoms with E-state index in [0.717, 1.165) is 17.1 Å². The summed E-state index contributed by atoms with van der Waals surface area (Å²) in [6.45, 7) is 0. The smallest absolute Gasteiger partial charge is 0.143 e. The van der Waals surface area contributed by atoms with Crippen LogP contribution in [-0.2, 0) is 13.5 Å². The van der Waals surface area contributed by atoms with Crippen LogP contribution in [0.3, 0.4) is 0 Å². The van der Waals surface area contributed by atoms with Crippen LogP contribution < -0.4 is 4.74 Å². The molecule has 0 amide bonds. The van der Waals surface area contributed by atoms with Crippen molar-refractivity contribution in [2.24, 2.45) is 7.05 Å². The second kappa shape index (κ2) is 5.11. The first kappa shape index (κ1) is 12.5. The van der Waals surface area contributed by atoms with E-state index in [9.17, 15) is 0 Å². The van der Waals surface area contributed by atoms with Gasteiger partial charge in [0.25, 0.3) is 0 Å². The van der Waals surface area contributed by atoms with Crippen molar-refractivity contribution in [3.05, 3.63) is 35.1 Å². The molecule has 0 aliphatic rings. The summed E-state index contributed by atoms with van der Waals surface area (Å²) >= 11 is 6.00. The third kappa shape index (κ3) is 2.18. The van der Waals surface area contributed by atoms with Crippen LogP contribution in [0.25, 0.3) is 11.4 Å². The van der Waals surface area contributed by atoms with Gasteiger partial charge in [-0.2, -0.15) is 5.26 Å². The number of aromatic nitrogens is 2. The Morgan fingerprint density at radius 3 is 2.94 bits per heavy atom. The molecule has 0 radical (unpaired) electrons. The molecule has 1 aromatic carbocycles. The molecule has 0 atom stereocenters. The SMILES string of the molecule is COc1ccc(Cl)cc1-c1ncc(CC#N)n1C. The molecule has 0 unspecified atom stereocenters. The van der Waals surface area contributed by atoms with E-state index in [1.54, 1.807) is 31.5 Å². The first-order valence-corrected chi connectivity index (χ1v) is 5.76. The Labute approximate surface area is 110 Å². The lowest BCUT2D eigenvalue weighted by molar-refractivity contribution is 0.416. The van der Waals surface area contributed by atoms with E-state index >= 15 is 0 Å². The summed E-state index contributed by atoms with van der Waals surface area (Å²) in [4.78, 5) is 4.33. The van der Waals surface area contributed by atoms with Gasteiger partial charge in [0.05, 0.1) is 30.9 Å². The Kier molecular flexibility index (Phi) is 3.54. The van der Waals surface area contributed by atoms with Gasteiger partial charge in [0.1, 0.15) is 11.6 Å². The van der Waals surface area contributed by atoms with Crippen molar-refractivity contribution < 1.29 is 4.74 Å². The van der Waals surface area contributed by atoms with Gasteiger partial charge in [0.2, 0.25) is 0 Å². The minimum atomic E-state index is 0.326. The summed E-state index contributed by atoms with van der Waals surface area (Å²) in [5, 5.41) is 9.35. The van der Waals surface area contributed by atoms with Crippen LogP contribution in [0.2, 0.25) is 5.02 Å². The number of nitrogens with zero attached hydrogens (tertiary/aromatic N) is 3. The van der Waals surface area contributed by atoms with E-state index in [-0.39, 0.29) is 0 Å². The lowest BCUT2D eigenvalue weighted by atomic mass is 10.2. The second-order valence-corrected chi connectivity index (χ2v) is 4.25. The van der Waals surface area contributed by atoms with Crippen LogP contribution in [0.1, 0.15) is 5.69 Å². The first-order chi connectivity index (χ1) is 8.67. The molecule has 1 heterocycles. The zero-order chi connectivity index (χ0) is 13.1. The van der Waals surface area contributed by atoms with Gasteiger partial charge in [-0.1, -0.05) is 11.6 Å². The van der Waals surface area contributed by atoms with Crippen molar-refractivity contribution in [3.8, 4) is 23.2 Å². The molecule has 0 bridgehead atoms. The predicted octanol–water partition coefficient (Wildman–Crippen LogP) is 2.82. The van der Waals surface area contributed by atoms with Gasteiger partial charge in [-0.05, 0) is 18.2 Å². The predicted molar refractivity (Wildman–Crippen MR) is 69.5 cm³/mol. The minimum Gasteiger partial charge on any atom is -0.496 e. The fourth-order valence-electron chi connectivity index (χ4n) is 1.80. The molecule has 92 valence electrons. The lowest BCUT2D eigenvalue weighted by Gasteiger charge is -2.09. The van der Waals surface area contributed by atoms with Gasteiger partial charge in [-0.25, -0.2) is 4.98 Å². The fraction of sp³-hybridized carbons (Fsp3) is 0.231. The maximum atomic E-state index is 8.73. The summed E-state index contributed by atoms with van der Waals surface area (Å²) < 4.78 is 7.17. The highest BCUT2D eigenvalue weighted by Gasteiger charge is 2.13. The van der Waals surface area contributed by atoms with Gasteiger partial charge in [0.15, 0.2) is 0 Å². The Balaban J connectivity index is 2.55. The summed E-state index contributed by atoms with van der Waals surface area (Å²) in [7, 11) is 3.47. The number of hydrogen-bond donors (Lipinski definition) is 0. The van der Waals surface area contributed by atoms with Crippen LogP contribution in [0.4, 0.5) is 0 Å². The molecule has 0 saturated heterocycles. The molecule has 0 N–H and O–H groups in total. The Morgan fingerprint density at radius 1 is 1.50 bits per heavy atom. The summed E-state index contributed by atoms with van der Waals surface area (Å²) in [6, 6.07) is 7.48. The first-order valence-electron chi connectivity index (χ1n) is 5.39.